The van der Waals surface area contributed by atoms with Crippen LogP contribution in [0.1, 0.15) is 25.0 Å². The van der Waals surface area contributed by atoms with E-state index in [0.29, 0.717) is 6.04 Å². The number of fused-ring (bicyclic) bond motifs is 3. The summed E-state index contributed by atoms with van der Waals surface area (Å²) in [6, 6.07) is 14.9. The molecule has 0 aromatic heterocycles. The lowest BCUT2D eigenvalue weighted by Gasteiger charge is -2.26. The predicted molar refractivity (Wildman–Crippen MR) is 110 cm³/mol. The van der Waals surface area contributed by atoms with Gasteiger partial charge in [0, 0.05) is 30.2 Å². The van der Waals surface area contributed by atoms with E-state index < -0.39 is 0 Å². The van der Waals surface area contributed by atoms with Crippen LogP contribution in [0.25, 0.3) is 6.08 Å². The number of halogens is 1. The summed E-state index contributed by atoms with van der Waals surface area (Å²) in [7, 11) is 4.11. The van der Waals surface area contributed by atoms with Crippen molar-refractivity contribution in [1.29, 1.82) is 0 Å². The van der Waals surface area contributed by atoms with E-state index in [0.717, 1.165) is 17.1 Å². The first-order valence-electron chi connectivity index (χ1n) is 9.07. The first-order chi connectivity index (χ1) is 12.4. The Hall–Kier alpha value is -1.97. The van der Waals surface area contributed by atoms with Crippen molar-refractivity contribution >= 4 is 29.1 Å². The van der Waals surface area contributed by atoms with E-state index in [1.807, 2.05) is 12.1 Å². The monoisotopic (exact) mass is 368 g/mol. The van der Waals surface area contributed by atoms with Crippen LogP contribution in [0.2, 0.25) is 5.02 Å². The first-order valence-corrected chi connectivity index (χ1v) is 9.44. The maximum atomic E-state index is 6.39. The topological polar surface area (TPSA) is 15.7 Å². The summed E-state index contributed by atoms with van der Waals surface area (Å²) in [6.45, 7) is 4.56. The van der Waals surface area contributed by atoms with Crippen LogP contribution < -0.4 is 9.96 Å². The van der Waals surface area contributed by atoms with Crippen LogP contribution in [-0.2, 0) is 11.3 Å². The molecule has 2 aromatic carbocycles. The fourth-order valence-electron chi connectivity index (χ4n) is 3.91. The molecule has 2 unspecified atom stereocenters. The SMILES string of the molecule is CN(C)c1ccc(C=CC2ON3c4cccc(Cl)c4CC3C2(C)C)cc1. The number of benzene rings is 2. The Kier molecular flexibility index (Phi) is 4.25. The predicted octanol–water partition coefficient (Wildman–Crippen LogP) is 5.19. The third-order valence-electron chi connectivity index (χ3n) is 5.70. The molecule has 0 aliphatic carbocycles. The highest BCUT2D eigenvalue weighted by atomic mass is 35.5. The van der Waals surface area contributed by atoms with Crippen molar-refractivity contribution in [1.82, 2.24) is 0 Å². The zero-order valence-electron chi connectivity index (χ0n) is 15.7. The number of hydrogen-bond donors (Lipinski definition) is 0. The summed E-state index contributed by atoms with van der Waals surface area (Å²) in [5, 5.41) is 2.91. The molecule has 2 atom stereocenters. The second-order valence-electron chi connectivity index (χ2n) is 7.98. The zero-order valence-corrected chi connectivity index (χ0v) is 16.5. The number of hydrogen-bond acceptors (Lipinski definition) is 3. The van der Waals surface area contributed by atoms with Gasteiger partial charge >= 0.3 is 0 Å². The van der Waals surface area contributed by atoms with E-state index >= 15 is 0 Å². The van der Waals surface area contributed by atoms with Crippen LogP contribution in [0.3, 0.4) is 0 Å². The summed E-state index contributed by atoms with van der Waals surface area (Å²) < 4.78 is 0. The highest BCUT2D eigenvalue weighted by Gasteiger charge is 2.52. The van der Waals surface area contributed by atoms with Gasteiger partial charge in [-0.3, -0.25) is 4.84 Å². The van der Waals surface area contributed by atoms with Crippen molar-refractivity contribution in [3.63, 3.8) is 0 Å². The average Bonchev–Trinajstić information content (AvgIpc) is 3.10. The van der Waals surface area contributed by atoms with Gasteiger partial charge in [0.2, 0.25) is 0 Å². The van der Waals surface area contributed by atoms with Gasteiger partial charge in [-0.25, -0.2) is 5.06 Å². The van der Waals surface area contributed by atoms with E-state index in [1.165, 1.54) is 16.8 Å². The maximum Gasteiger partial charge on any atom is 0.111 e. The molecule has 0 radical (unpaired) electrons. The quantitative estimate of drug-likeness (QED) is 0.741. The lowest BCUT2D eigenvalue weighted by molar-refractivity contribution is 0.0849. The van der Waals surface area contributed by atoms with Gasteiger partial charge in [0.15, 0.2) is 0 Å². The van der Waals surface area contributed by atoms with Gasteiger partial charge in [0.05, 0.1) is 11.7 Å². The molecule has 0 saturated carbocycles. The third kappa shape index (κ3) is 2.80. The number of nitrogens with zero attached hydrogens (tertiary/aromatic N) is 2. The van der Waals surface area contributed by atoms with Crippen molar-refractivity contribution < 1.29 is 4.84 Å². The molecule has 26 heavy (non-hydrogen) atoms. The molecule has 2 aliphatic heterocycles. The molecular weight excluding hydrogens is 344 g/mol. The first kappa shape index (κ1) is 17.4. The second-order valence-corrected chi connectivity index (χ2v) is 8.38. The molecule has 0 N–H and O–H groups in total. The minimum Gasteiger partial charge on any atom is -0.378 e. The van der Waals surface area contributed by atoms with Crippen LogP contribution in [0.4, 0.5) is 11.4 Å². The van der Waals surface area contributed by atoms with Gasteiger partial charge in [-0.2, -0.15) is 0 Å². The van der Waals surface area contributed by atoms with Gasteiger partial charge in [0.25, 0.3) is 0 Å². The summed E-state index contributed by atoms with van der Waals surface area (Å²) in [5.41, 5.74) is 4.71. The lowest BCUT2D eigenvalue weighted by Crippen LogP contribution is -2.36. The van der Waals surface area contributed by atoms with Crippen molar-refractivity contribution in [3.8, 4) is 0 Å². The maximum absolute atomic E-state index is 6.39. The fourth-order valence-corrected chi connectivity index (χ4v) is 4.16. The molecule has 2 aliphatic rings. The third-order valence-corrected chi connectivity index (χ3v) is 6.06. The van der Waals surface area contributed by atoms with E-state index in [-0.39, 0.29) is 11.5 Å². The Morgan fingerprint density at radius 2 is 1.88 bits per heavy atom. The van der Waals surface area contributed by atoms with Gasteiger partial charge in [-0.1, -0.05) is 55.8 Å². The number of rotatable bonds is 3. The largest absolute Gasteiger partial charge is 0.378 e. The van der Waals surface area contributed by atoms with E-state index in [9.17, 15) is 0 Å². The van der Waals surface area contributed by atoms with Gasteiger partial charge < -0.3 is 4.90 Å². The summed E-state index contributed by atoms with van der Waals surface area (Å²) >= 11 is 6.39. The van der Waals surface area contributed by atoms with Gasteiger partial charge in [-0.15, -0.1) is 0 Å². The molecular formula is C22H25ClN2O. The Morgan fingerprint density at radius 3 is 2.58 bits per heavy atom. The van der Waals surface area contributed by atoms with Gasteiger partial charge in [-0.05, 0) is 41.8 Å². The average molecular weight is 369 g/mol. The standard InChI is InChI=1S/C22H25ClN2O/c1-22(2)20-14-17-18(23)6-5-7-19(17)25(20)26-21(22)13-10-15-8-11-16(12-9-15)24(3)4/h5-13,20-21H,14H2,1-4H3. The molecule has 0 bridgehead atoms. The Bertz CT molecular complexity index is 842. The van der Waals surface area contributed by atoms with Crippen molar-refractivity contribution in [2.24, 2.45) is 5.41 Å². The van der Waals surface area contributed by atoms with Crippen LogP contribution in [-0.4, -0.2) is 26.2 Å². The number of anilines is 2. The number of hydroxylamine groups is 1. The molecule has 0 amide bonds. The van der Waals surface area contributed by atoms with Crippen molar-refractivity contribution in [2.75, 3.05) is 24.1 Å². The normalized spacial score (nSPS) is 23.3. The minimum absolute atomic E-state index is 0.00241. The minimum atomic E-state index is 0.00241. The highest BCUT2D eigenvalue weighted by Crippen LogP contribution is 2.50. The molecule has 3 nitrogen and oxygen atoms in total. The molecule has 2 heterocycles. The fraction of sp³-hybridized carbons (Fsp3) is 0.364. The lowest BCUT2D eigenvalue weighted by atomic mass is 9.78. The summed E-state index contributed by atoms with van der Waals surface area (Å²) in [6.07, 6.45) is 5.32. The van der Waals surface area contributed by atoms with Gasteiger partial charge in [0.1, 0.15) is 6.10 Å². The van der Waals surface area contributed by atoms with Crippen LogP contribution in [0, 0.1) is 5.41 Å². The van der Waals surface area contributed by atoms with E-state index in [2.05, 4.69) is 80.4 Å². The molecule has 2 aromatic rings. The van der Waals surface area contributed by atoms with Crippen molar-refractivity contribution in [2.45, 2.75) is 32.4 Å². The Labute approximate surface area is 160 Å². The van der Waals surface area contributed by atoms with Crippen LogP contribution in [0.15, 0.2) is 48.5 Å². The smallest absolute Gasteiger partial charge is 0.111 e. The van der Waals surface area contributed by atoms with Crippen LogP contribution >= 0.6 is 11.6 Å². The summed E-state index contributed by atoms with van der Waals surface area (Å²) in [5.74, 6) is 0. The van der Waals surface area contributed by atoms with E-state index in [4.69, 9.17) is 16.4 Å². The zero-order chi connectivity index (χ0) is 18.5. The molecule has 4 heteroatoms. The van der Waals surface area contributed by atoms with E-state index in [1.54, 1.807) is 0 Å². The molecule has 4 rings (SSSR count). The molecule has 1 saturated heterocycles. The molecule has 0 spiro atoms. The van der Waals surface area contributed by atoms with Crippen LogP contribution in [0.5, 0.6) is 0 Å². The highest BCUT2D eigenvalue weighted by molar-refractivity contribution is 6.31. The Morgan fingerprint density at radius 1 is 1.15 bits per heavy atom. The molecule has 1 fully saturated rings. The molecule has 136 valence electrons. The van der Waals surface area contributed by atoms with Crippen molar-refractivity contribution in [3.05, 3.63) is 64.7 Å². The second kappa shape index (κ2) is 6.33. The Balaban J connectivity index is 1.56. The summed E-state index contributed by atoms with van der Waals surface area (Å²) in [4.78, 5) is 8.45.